The zero-order valence-electron chi connectivity index (χ0n) is 12.1. The smallest absolute Gasteiger partial charge is 0.179 e. The first-order valence-electron chi connectivity index (χ1n) is 6.55. The first-order chi connectivity index (χ1) is 9.08. The molecule has 0 spiro atoms. The van der Waals surface area contributed by atoms with Crippen LogP contribution in [0, 0.1) is 0 Å². The van der Waals surface area contributed by atoms with E-state index in [1.54, 1.807) is 6.92 Å². The standard InChI is InChI=1S/C14H22ClNO3.ClH/c1-4-18-13-7-11(9-16-8-10(3)17)6-12(15)14(13)19-5-2;/h6-7,10,16-17H,4-5,8-9H2,1-3H3;1H. The second kappa shape index (κ2) is 10.1. The molecule has 4 nitrogen and oxygen atoms in total. The molecule has 0 aromatic heterocycles. The van der Waals surface area contributed by atoms with Crippen LogP contribution < -0.4 is 14.8 Å². The minimum absolute atomic E-state index is 0. The molecule has 0 aliphatic rings. The number of aliphatic hydroxyl groups excluding tert-OH is 1. The van der Waals surface area contributed by atoms with Gasteiger partial charge in [-0.05, 0) is 38.5 Å². The predicted molar refractivity (Wildman–Crippen MR) is 84.4 cm³/mol. The van der Waals surface area contributed by atoms with Gasteiger partial charge in [0.2, 0.25) is 0 Å². The van der Waals surface area contributed by atoms with Crippen LogP contribution in [0.1, 0.15) is 26.3 Å². The molecule has 1 aromatic rings. The second-order valence-corrected chi connectivity index (χ2v) is 4.66. The van der Waals surface area contributed by atoms with Gasteiger partial charge in [-0.3, -0.25) is 0 Å². The molecule has 6 heteroatoms. The number of nitrogens with one attached hydrogen (secondary N) is 1. The van der Waals surface area contributed by atoms with Gasteiger partial charge in [-0.2, -0.15) is 0 Å². The van der Waals surface area contributed by atoms with Crippen LogP contribution in [0.4, 0.5) is 0 Å². The maximum Gasteiger partial charge on any atom is 0.179 e. The van der Waals surface area contributed by atoms with Crippen molar-refractivity contribution in [2.75, 3.05) is 19.8 Å². The molecular formula is C14H23Cl2NO3. The van der Waals surface area contributed by atoms with Gasteiger partial charge in [0.25, 0.3) is 0 Å². The van der Waals surface area contributed by atoms with Crippen LogP contribution in [0.5, 0.6) is 11.5 Å². The van der Waals surface area contributed by atoms with Crippen LogP contribution in [0.25, 0.3) is 0 Å². The van der Waals surface area contributed by atoms with Crippen LogP contribution in [-0.4, -0.2) is 31.0 Å². The minimum Gasteiger partial charge on any atom is -0.490 e. The Morgan fingerprint density at radius 2 is 1.90 bits per heavy atom. The molecule has 0 saturated carbocycles. The predicted octanol–water partition coefficient (Wildman–Crippen LogP) is 3.03. The van der Waals surface area contributed by atoms with Crippen molar-refractivity contribution >= 4 is 24.0 Å². The average molecular weight is 324 g/mol. The summed E-state index contributed by atoms with van der Waals surface area (Å²) in [5, 5.41) is 12.9. The van der Waals surface area contributed by atoms with Crippen molar-refractivity contribution < 1.29 is 14.6 Å². The van der Waals surface area contributed by atoms with E-state index in [2.05, 4.69) is 5.32 Å². The van der Waals surface area contributed by atoms with Crippen molar-refractivity contribution in [3.63, 3.8) is 0 Å². The summed E-state index contributed by atoms with van der Waals surface area (Å²) in [4.78, 5) is 0. The topological polar surface area (TPSA) is 50.7 Å². The van der Waals surface area contributed by atoms with E-state index in [0.717, 1.165) is 5.56 Å². The zero-order chi connectivity index (χ0) is 14.3. The number of rotatable bonds is 8. The van der Waals surface area contributed by atoms with Gasteiger partial charge in [0.15, 0.2) is 11.5 Å². The number of hydrogen-bond donors (Lipinski definition) is 2. The van der Waals surface area contributed by atoms with Gasteiger partial charge >= 0.3 is 0 Å². The third kappa shape index (κ3) is 6.18. The van der Waals surface area contributed by atoms with Crippen molar-refractivity contribution in [3.05, 3.63) is 22.7 Å². The first-order valence-corrected chi connectivity index (χ1v) is 6.93. The molecule has 2 N–H and O–H groups in total. The lowest BCUT2D eigenvalue weighted by atomic mass is 10.2. The molecule has 0 bridgehead atoms. The summed E-state index contributed by atoms with van der Waals surface area (Å²) < 4.78 is 11.1. The number of hydrogen-bond acceptors (Lipinski definition) is 4. The highest BCUT2D eigenvalue weighted by Crippen LogP contribution is 2.36. The van der Waals surface area contributed by atoms with Crippen LogP contribution in [0.2, 0.25) is 5.02 Å². The fraction of sp³-hybridized carbons (Fsp3) is 0.571. The molecule has 1 atom stereocenters. The Morgan fingerprint density at radius 1 is 1.25 bits per heavy atom. The molecule has 1 rings (SSSR count). The second-order valence-electron chi connectivity index (χ2n) is 4.25. The van der Waals surface area contributed by atoms with Crippen LogP contribution in [0.15, 0.2) is 12.1 Å². The lowest BCUT2D eigenvalue weighted by molar-refractivity contribution is 0.191. The van der Waals surface area contributed by atoms with E-state index in [0.29, 0.717) is 42.8 Å². The highest BCUT2D eigenvalue weighted by molar-refractivity contribution is 6.32. The van der Waals surface area contributed by atoms with Crippen molar-refractivity contribution in [1.29, 1.82) is 0 Å². The number of benzene rings is 1. The third-order valence-electron chi connectivity index (χ3n) is 2.43. The lowest BCUT2D eigenvalue weighted by Gasteiger charge is -2.15. The Labute approximate surface area is 131 Å². The van der Waals surface area contributed by atoms with Crippen molar-refractivity contribution in [2.45, 2.75) is 33.4 Å². The summed E-state index contributed by atoms with van der Waals surface area (Å²) in [5.74, 6) is 1.25. The highest BCUT2D eigenvalue weighted by Gasteiger charge is 2.12. The Balaban J connectivity index is 0.00000361. The summed E-state index contributed by atoms with van der Waals surface area (Å²) in [6, 6.07) is 3.76. The molecule has 0 heterocycles. The van der Waals surface area contributed by atoms with E-state index in [4.69, 9.17) is 21.1 Å². The Morgan fingerprint density at radius 3 is 2.45 bits per heavy atom. The summed E-state index contributed by atoms with van der Waals surface area (Å²) in [7, 11) is 0. The Hall–Kier alpha value is -0.680. The van der Waals surface area contributed by atoms with Crippen molar-refractivity contribution in [3.8, 4) is 11.5 Å². The normalized spacial score (nSPS) is 11.7. The lowest BCUT2D eigenvalue weighted by Crippen LogP contribution is -2.23. The van der Waals surface area contributed by atoms with E-state index in [1.165, 1.54) is 0 Å². The highest BCUT2D eigenvalue weighted by atomic mass is 35.5. The maximum atomic E-state index is 9.20. The Kier molecular flexibility index (Phi) is 9.76. The van der Waals surface area contributed by atoms with Gasteiger partial charge in [-0.15, -0.1) is 12.4 Å². The van der Waals surface area contributed by atoms with Crippen LogP contribution >= 0.6 is 24.0 Å². The molecule has 0 amide bonds. The van der Waals surface area contributed by atoms with Crippen molar-refractivity contribution in [1.82, 2.24) is 5.32 Å². The molecule has 0 aliphatic heterocycles. The summed E-state index contributed by atoms with van der Waals surface area (Å²) in [5.41, 5.74) is 0.998. The SMILES string of the molecule is CCOc1cc(CNCC(C)O)cc(Cl)c1OCC.Cl. The molecule has 1 aromatic carbocycles. The molecule has 116 valence electrons. The first kappa shape index (κ1) is 19.3. The van der Waals surface area contributed by atoms with Gasteiger partial charge in [0.1, 0.15) is 0 Å². The summed E-state index contributed by atoms with van der Waals surface area (Å²) in [6.07, 6.45) is -0.371. The minimum atomic E-state index is -0.371. The molecule has 1 unspecified atom stereocenters. The van der Waals surface area contributed by atoms with Crippen LogP contribution in [-0.2, 0) is 6.54 Å². The van der Waals surface area contributed by atoms with Crippen LogP contribution in [0.3, 0.4) is 0 Å². The largest absolute Gasteiger partial charge is 0.490 e. The maximum absolute atomic E-state index is 9.20. The van der Waals surface area contributed by atoms with Gasteiger partial charge in [-0.25, -0.2) is 0 Å². The monoisotopic (exact) mass is 323 g/mol. The van der Waals surface area contributed by atoms with Gasteiger partial charge in [-0.1, -0.05) is 11.6 Å². The molecule has 20 heavy (non-hydrogen) atoms. The molecule has 0 fully saturated rings. The number of aliphatic hydroxyl groups is 1. The quantitative estimate of drug-likeness (QED) is 0.772. The summed E-state index contributed by atoms with van der Waals surface area (Å²) >= 11 is 6.21. The van der Waals surface area contributed by atoms with Gasteiger partial charge in [0.05, 0.1) is 24.3 Å². The zero-order valence-corrected chi connectivity index (χ0v) is 13.7. The van der Waals surface area contributed by atoms with E-state index < -0.39 is 0 Å². The molecule has 0 saturated heterocycles. The van der Waals surface area contributed by atoms with E-state index in [9.17, 15) is 5.11 Å². The van der Waals surface area contributed by atoms with Crippen molar-refractivity contribution in [2.24, 2.45) is 0 Å². The molecule has 0 aliphatic carbocycles. The Bertz CT molecular complexity index is 400. The van der Waals surface area contributed by atoms with Gasteiger partial charge < -0.3 is 19.9 Å². The van der Waals surface area contributed by atoms with E-state index in [-0.39, 0.29) is 18.5 Å². The molecule has 0 radical (unpaired) electrons. The number of halogens is 2. The third-order valence-corrected chi connectivity index (χ3v) is 2.71. The van der Waals surface area contributed by atoms with E-state index in [1.807, 2.05) is 26.0 Å². The number of ether oxygens (including phenoxy) is 2. The summed E-state index contributed by atoms with van der Waals surface area (Å²) in [6.45, 7) is 7.82. The average Bonchev–Trinajstić information content (AvgIpc) is 2.33. The van der Waals surface area contributed by atoms with Gasteiger partial charge in [0, 0.05) is 13.1 Å². The van der Waals surface area contributed by atoms with E-state index >= 15 is 0 Å². The molecular weight excluding hydrogens is 301 g/mol. The fourth-order valence-electron chi connectivity index (χ4n) is 1.70. The fourth-order valence-corrected chi connectivity index (χ4v) is 1.98.